The van der Waals surface area contributed by atoms with Gasteiger partial charge in [0.15, 0.2) is 0 Å². The first kappa shape index (κ1) is 22.0. The lowest BCUT2D eigenvalue weighted by Gasteiger charge is -2.15. The number of amides is 2. The molecule has 1 aliphatic heterocycles. The lowest BCUT2D eigenvalue weighted by atomic mass is 9.99. The van der Waals surface area contributed by atoms with Gasteiger partial charge in [-0.25, -0.2) is 0 Å². The third-order valence-electron chi connectivity index (χ3n) is 5.39. The molecule has 2 amide bonds. The number of nitrogens with zero attached hydrogens (tertiary/aromatic N) is 7. The molecular weight excluding hydrogens is 430 g/mol. The van der Waals surface area contributed by atoms with Gasteiger partial charge in [-0.05, 0) is 43.2 Å². The van der Waals surface area contributed by atoms with E-state index in [1.54, 1.807) is 17.3 Å². The number of hydrogen-bond acceptors (Lipinski definition) is 8. The van der Waals surface area contributed by atoms with Crippen LogP contribution in [0.1, 0.15) is 45.8 Å². The summed E-state index contributed by atoms with van der Waals surface area (Å²) in [5.74, 6) is 0.577. The van der Waals surface area contributed by atoms with Gasteiger partial charge in [-0.1, -0.05) is 0 Å². The summed E-state index contributed by atoms with van der Waals surface area (Å²) in [5.41, 5.74) is 1.60. The van der Waals surface area contributed by atoms with Crippen LogP contribution >= 0.6 is 0 Å². The van der Waals surface area contributed by atoms with E-state index in [-0.39, 0.29) is 24.1 Å². The number of carboxylic acid groups (broad SMARTS) is 1. The number of carbonyl (C=O) groups is 3. The zero-order valence-corrected chi connectivity index (χ0v) is 17.7. The van der Waals surface area contributed by atoms with Crippen LogP contribution in [0.3, 0.4) is 0 Å². The van der Waals surface area contributed by atoms with E-state index < -0.39 is 0 Å². The Labute approximate surface area is 188 Å². The molecule has 1 aliphatic carbocycles. The van der Waals surface area contributed by atoms with Crippen molar-refractivity contribution in [2.45, 2.75) is 31.7 Å². The summed E-state index contributed by atoms with van der Waals surface area (Å²) < 4.78 is 1.53. The third-order valence-corrected chi connectivity index (χ3v) is 5.39. The van der Waals surface area contributed by atoms with Crippen LogP contribution in [-0.4, -0.2) is 82.4 Å². The van der Waals surface area contributed by atoms with Gasteiger partial charge in [0, 0.05) is 31.5 Å². The number of likely N-dealkylation sites (tertiary alicyclic amines) is 1. The summed E-state index contributed by atoms with van der Waals surface area (Å²) in [6.07, 6.45) is 10.1. The number of aromatic amines is 1. The quantitative estimate of drug-likeness (QED) is 0.437. The highest BCUT2D eigenvalue weighted by atomic mass is 16.3. The standard InChI is InChI=1S/C19H21N9O2.CH2O2/c29-17(23-15-1-2-15)14-6-13(7-20-8-14)5-12-3-4-27(9-12)18(30)16-24-19(26-25-16)28-10-21-22-11-28;2-1-3/h6-8,10-12,15H,1-5,9H2,(H,23,29)(H,24,25,26);1H,(H,2,3). The van der Waals surface area contributed by atoms with Gasteiger partial charge in [0.2, 0.25) is 5.82 Å². The van der Waals surface area contributed by atoms with E-state index in [1.165, 1.54) is 17.2 Å². The highest BCUT2D eigenvalue weighted by Gasteiger charge is 2.29. The molecule has 172 valence electrons. The Hall–Kier alpha value is -4.16. The number of pyridine rings is 1. The van der Waals surface area contributed by atoms with Crippen molar-refractivity contribution in [1.29, 1.82) is 0 Å². The summed E-state index contributed by atoms with van der Waals surface area (Å²) in [6.45, 7) is 1.03. The second kappa shape index (κ2) is 9.97. The summed E-state index contributed by atoms with van der Waals surface area (Å²) in [6, 6.07) is 2.22. The molecule has 1 saturated heterocycles. The molecule has 5 rings (SSSR count). The summed E-state index contributed by atoms with van der Waals surface area (Å²) in [7, 11) is 0. The van der Waals surface area contributed by atoms with Crippen LogP contribution in [0.4, 0.5) is 0 Å². The molecule has 1 saturated carbocycles. The fraction of sp³-hybridized carbons (Fsp3) is 0.400. The van der Waals surface area contributed by atoms with Crippen LogP contribution in [0.15, 0.2) is 31.1 Å². The average Bonchev–Trinajstić information content (AvgIpc) is 3.25. The van der Waals surface area contributed by atoms with Crippen molar-refractivity contribution in [3.63, 3.8) is 0 Å². The van der Waals surface area contributed by atoms with Gasteiger partial charge < -0.3 is 15.3 Å². The van der Waals surface area contributed by atoms with Crippen molar-refractivity contribution < 1.29 is 19.5 Å². The number of H-pyrrole nitrogens is 1. The van der Waals surface area contributed by atoms with Crippen LogP contribution in [0.2, 0.25) is 0 Å². The molecule has 0 aromatic carbocycles. The molecule has 13 nitrogen and oxygen atoms in total. The predicted octanol–water partition coefficient (Wildman–Crippen LogP) is 0.0782. The lowest BCUT2D eigenvalue weighted by Crippen LogP contribution is -2.30. The zero-order chi connectivity index (χ0) is 23.2. The van der Waals surface area contributed by atoms with Crippen molar-refractivity contribution >= 4 is 18.3 Å². The summed E-state index contributed by atoms with van der Waals surface area (Å²) >= 11 is 0. The SMILES string of the molecule is O=C(NC1CC1)c1cncc(CC2CCN(C(=O)c3nc(-n4cnnc4)n[nH]3)C2)c1.O=CO. The lowest BCUT2D eigenvalue weighted by molar-refractivity contribution is -0.122. The van der Waals surface area contributed by atoms with Crippen molar-refractivity contribution in [2.75, 3.05) is 13.1 Å². The average molecular weight is 453 g/mol. The molecule has 3 N–H and O–H groups in total. The highest BCUT2D eigenvalue weighted by molar-refractivity contribution is 5.94. The summed E-state index contributed by atoms with van der Waals surface area (Å²) in [5, 5.41) is 24.0. The Morgan fingerprint density at radius 1 is 1.21 bits per heavy atom. The molecule has 4 heterocycles. The fourth-order valence-electron chi connectivity index (χ4n) is 3.65. The van der Waals surface area contributed by atoms with Gasteiger partial charge in [-0.3, -0.25) is 29.0 Å². The Morgan fingerprint density at radius 2 is 1.97 bits per heavy atom. The van der Waals surface area contributed by atoms with Crippen LogP contribution < -0.4 is 5.32 Å². The van der Waals surface area contributed by atoms with Crippen molar-refractivity contribution in [3.05, 3.63) is 48.1 Å². The molecular formula is C20H23N9O4. The molecule has 3 aromatic heterocycles. The van der Waals surface area contributed by atoms with Gasteiger partial charge in [-0.2, -0.15) is 4.98 Å². The van der Waals surface area contributed by atoms with Crippen LogP contribution in [0.25, 0.3) is 5.95 Å². The number of rotatable bonds is 6. The molecule has 1 atom stereocenters. The zero-order valence-electron chi connectivity index (χ0n) is 17.7. The van der Waals surface area contributed by atoms with Gasteiger partial charge in [0.05, 0.1) is 5.56 Å². The normalized spacial score (nSPS) is 17.2. The van der Waals surface area contributed by atoms with Crippen LogP contribution in [0.5, 0.6) is 0 Å². The molecule has 2 fully saturated rings. The molecule has 3 aromatic rings. The molecule has 1 unspecified atom stereocenters. The Balaban J connectivity index is 0.000000821. The highest BCUT2D eigenvalue weighted by Crippen LogP contribution is 2.23. The Bertz CT molecular complexity index is 1110. The number of aromatic nitrogens is 7. The van der Waals surface area contributed by atoms with Crippen molar-refractivity contribution in [3.8, 4) is 5.95 Å². The van der Waals surface area contributed by atoms with E-state index in [2.05, 4.69) is 35.7 Å². The molecule has 2 aliphatic rings. The second-order valence-electron chi connectivity index (χ2n) is 7.90. The van der Waals surface area contributed by atoms with Crippen LogP contribution in [0, 0.1) is 5.92 Å². The first-order chi connectivity index (χ1) is 16.1. The van der Waals surface area contributed by atoms with Gasteiger partial charge >= 0.3 is 0 Å². The van der Waals surface area contributed by atoms with E-state index in [1.807, 2.05) is 6.07 Å². The van der Waals surface area contributed by atoms with Crippen molar-refractivity contribution in [1.82, 2.24) is 45.1 Å². The molecule has 13 heteroatoms. The monoisotopic (exact) mass is 453 g/mol. The van der Waals surface area contributed by atoms with Crippen LogP contribution in [-0.2, 0) is 11.2 Å². The molecule has 0 bridgehead atoms. The minimum absolute atomic E-state index is 0.0655. The molecule has 0 spiro atoms. The second-order valence-corrected chi connectivity index (χ2v) is 7.90. The summed E-state index contributed by atoms with van der Waals surface area (Å²) in [4.78, 5) is 43.6. The molecule has 0 radical (unpaired) electrons. The first-order valence-corrected chi connectivity index (χ1v) is 10.5. The third kappa shape index (κ3) is 5.56. The topological polar surface area (TPSA) is 172 Å². The predicted molar refractivity (Wildman–Crippen MR) is 112 cm³/mol. The number of nitrogens with one attached hydrogen (secondary N) is 2. The Morgan fingerprint density at radius 3 is 2.70 bits per heavy atom. The number of hydrogen-bond donors (Lipinski definition) is 3. The number of carbonyl (C=O) groups excluding carboxylic acids is 2. The van der Waals surface area contributed by atoms with E-state index in [4.69, 9.17) is 9.90 Å². The van der Waals surface area contributed by atoms with E-state index in [0.717, 1.165) is 31.2 Å². The van der Waals surface area contributed by atoms with Gasteiger partial charge in [-0.15, -0.1) is 15.3 Å². The fourth-order valence-corrected chi connectivity index (χ4v) is 3.65. The largest absolute Gasteiger partial charge is 0.483 e. The van der Waals surface area contributed by atoms with Gasteiger partial charge in [0.1, 0.15) is 12.7 Å². The van der Waals surface area contributed by atoms with Crippen molar-refractivity contribution in [2.24, 2.45) is 5.92 Å². The van der Waals surface area contributed by atoms with E-state index >= 15 is 0 Å². The Kier molecular flexibility index (Phi) is 6.66. The maximum atomic E-state index is 12.8. The maximum Gasteiger partial charge on any atom is 0.291 e. The smallest absolute Gasteiger partial charge is 0.291 e. The first-order valence-electron chi connectivity index (χ1n) is 10.5. The van der Waals surface area contributed by atoms with E-state index in [9.17, 15) is 9.59 Å². The maximum absolute atomic E-state index is 12.8. The minimum Gasteiger partial charge on any atom is -0.483 e. The van der Waals surface area contributed by atoms with E-state index in [0.29, 0.717) is 36.6 Å². The minimum atomic E-state index is -0.250. The van der Waals surface area contributed by atoms with Gasteiger partial charge in [0.25, 0.3) is 24.2 Å². The molecule has 33 heavy (non-hydrogen) atoms.